The van der Waals surface area contributed by atoms with Gasteiger partial charge in [-0.3, -0.25) is 0 Å². The van der Waals surface area contributed by atoms with Crippen LogP contribution >= 0.6 is 0 Å². The summed E-state index contributed by atoms with van der Waals surface area (Å²) in [6.07, 6.45) is 4.10. The zero-order valence-corrected chi connectivity index (χ0v) is 15.0. The lowest BCUT2D eigenvalue weighted by Gasteiger charge is -2.35. The van der Waals surface area contributed by atoms with Crippen molar-refractivity contribution >= 4 is 11.5 Å². The highest BCUT2D eigenvalue weighted by molar-refractivity contribution is 5.93. The molecular formula is C20H24N2O3. The number of hydrogen-bond donors (Lipinski definition) is 0. The average Bonchev–Trinajstić information content (AvgIpc) is 2.92. The van der Waals surface area contributed by atoms with Crippen molar-refractivity contribution in [2.24, 2.45) is 0 Å². The molecule has 5 nitrogen and oxygen atoms in total. The summed E-state index contributed by atoms with van der Waals surface area (Å²) in [6.45, 7) is 7.11. The highest BCUT2D eigenvalue weighted by atomic mass is 16.5. The third-order valence-electron chi connectivity index (χ3n) is 4.81. The van der Waals surface area contributed by atoms with Crippen molar-refractivity contribution < 1.29 is 14.3 Å². The van der Waals surface area contributed by atoms with E-state index in [1.807, 2.05) is 16.7 Å². The molecule has 0 aromatic carbocycles. The van der Waals surface area contributed by atoms with E-state index in [0.717, 1.165) is 25.0 Å². The Balaban J connectivity index is 2.00. The Hall–Kier alpha value is -2.32. The SMILES string of the molecule is CCOC(=O)c1cc2cc(C3CCOC(C)(C)C3)ccn2c1CC#N. The van der Waals surface area contributed by atoms with Crippen LogP contribution in [0.15, 0.2) is 24.4 Å². The second-order valence-corrected chi connectivity index (χ2v) is 7.11. The minimum absolute atomic E-state index is 0.112. The molecule has 25 heavy (non-hydrogen) atoms. The molecule has 1 aliphatic heterocycles. The third kappa shape index (κ3) is 3.54. The van der Waals surface area contributed by atoms with E-state index in [4.69, 9.17) is 14.7 Å². The van der Waals surface area contributed by atoms with Crippen LogP contribution in [0, 0.1) is 11.3 Å². The molecule has 2 aromatic rings. The number of nitrogens with zero attached hydrogens (tertiary/aromatic N) is 2. The summed E-state index contributed by atoms with van der Waals surface area (Å²) in [5.41, 5.74) is 3.23. The maximum atomic E-state index is 12.2. The van der Waals surface area contributed by atoms with E-state index in [2.05, 4.69) is 32.0 Å². The molecule has 1 fully saturated rings. The second-order valence-electron chi connectivity index (χ2n) is 7.11. The zero-order chi connectivity index (χ0) is 18.0. The molecule has 1 unspecified atom stereocenters. The molecule has 1 saturated heterocycles. The highest BCUT2D eigenvalue weighted by Crippen LogP contribution is 2.36. The summed E-state index contributed by atoms with van der Waals surface area (Å²) in [5.74, 6) is 0.0688. The van der Waals surface area contributed by atoms with Gasteiger partial charge in [-0.2, -0.15) is 5.26 Å². The summed E-state index contributed by atoms with van der Waals surface area (Å²) in [6, 6.07) is 8.19. The first kappa shape index (κ1) is 17.5. The Labute approximate surface area is 148 Å². The van der Waals surface area contributed by atoms with E-state index in [-0.39, 0.29) is 18.0 Å². The van der Waals surface area contributed by atoms with Crippen LogP contribution in [0.5, 0.6) is 0 Å². The summed E-state index contributed by atoms with van der Waals surface area (Å²) >= 11 is 0. The lowest BCUT2D eigenvalue weighted by Crippen LogP contribution is -2.33. The number of aromatic nitrogens is 1. The lowest BCUT2D eigenvalue weighted by molar-refractivity contribution is -0.0593. The van der Waals surface area contributed by atoms with Gasteiger partial charge in [0.05, 0.1) is 36.0 Å². The molecule has 1 aliphatic rings. The summed E-state index contributed by atoms with van der Waals surface area (Å²) in [4.78, 5) is 12.2. The van der Waals surface area contributed by atoms with Gasteiger partial charge in [-0.15, -0.1) is 0 Å². The molecule has 5 heteroatoms. The van der Waals surface area contributed by atoms with Gasteiger partial charge < -0.3 is 13.9 Å². The highest BCUT2D eigenvalue weighted by Gasteiger charge is 2.30. The van der Waals surface area contributed by atoms with Gasteiger partial charge in [0.25, 0.3) is 0 Å². The molecule has 0 radical (unpaired) electrons. The van der Waals surface area contributed by atoms with E-state index in [9.17, 15) is 4.79 Å². The molecule has 0 bridgehead atoms. The van der Waals surface area contributed by atoms with Crippen molar-refractivity contribution in [2.75, 3.05) is 13.2 Å². The third-order valence-corrected chi connectivity index (χ3v) is 4.81. The van der Waals surface area contributed by atoms with Crippen molar-refractivity contribution in [1.82, 2.24) is 4.40 Å². The Morgan fingerprint density at radius 2 is 2.28 bits per heavy atom. The fourth-order valence-corrected chi connectivity index (χ4v) is 3.66. The van der Waals surface area contributed by atoms with E-state index in [1.165, 1.54) is 5.56 Å². The number of carbonyl (C=O) groups is 1. The maximum absolute atomic E-state index is 12.2. The number of nitriles is 1. The van der Waals surface area contributed by atoms with Crippen molar-refractivity contribution in [3.63, 3.8) is 0 Å². The molecule has 3 heterocycles. The first-order valence-electron chi connectivity index (χ1n) is 8.77. The molecule has 0 spiro atoms. The van der Waals surface area contributed by atoms with Crippen LogP contribution < -0.4 is 0 Å². The molecule has 3 rings (SSSR count). The van der Waals surface area contributed by atoms with Crippen LogP contribution in [0.4, 0.5) is 0 Å². The van der Waals surface area contributed by atoms with E-state index >= 15 is 0 Å². The number of carbonyl (C=O) groups excluding carboxylic acids is 1. The van der Waals surface area contributed by atoms with Gasteiger partial charge in [-0.1, -0.05) is 0 Å². The van der Waals surface area contributed by atoms with Crippen LogP contribution in [0.3, 0.4) is 0 Å². The Kier molecular flexibility index (Phi) is 4.82. The number of rotatable bonds is 4. The first-order valence-corrected chi connectivity index (χ1v) is 8.77. The molecule has 2 aromatic heterocycles. The van der Waals surface area contributed by atoms with Crippen LogP contribution in [-0.4, -0.2) is 29.2 Å². The Bertz CT molecular complexity index is 829. The van der Waals surface area contributed by atoms with E-state index < -0.39 is 0 Å². The molecular weight excluding hydrogens is 316 g/mol. The summed E-state index contributed by atoms with van der Waals surface area (Å²) in [7, 11) is 0. The number of hydrogen-bond acceptors (Lipinski definition) is 4. The minimum Gasteiger partial charge on any atom is -0.462 e. The number of esters is 1. The van der Waals surface area contributed by atoms with Gasteiger partial charge in [0.2, 0.25) is 0 Å². The normalized spacial score (nSPS) is 19.5. The number of fused-ring (bicyclic) bond motifs is 1. The molecule has 0 N–H and O–H groups in total. The van der Waals surface area contributed by atoms with E-state index in [0.29, 0.717) is 23.8 Å². The van der Waals surface area contributed by atoms with Gasteiger partial charge >= 0.3 is 5.97 Å². The van der Waals surface area contributed by atoms with Gasteiger partial charge in [-0.25, -0.2) is 4.79 Å². The smallest absolute Gasteiger partial charge is 0.340 e. The lowest BCUT2D eigenvalue weighted by atomic mass is 9.84. The molecule has 0 saturated carbocycles. The monoisotopic (exact) mass is 340 g/mol. The van der Waals surface area contributed by atoms with Crippen molar-refractivity contribution in [2.45, 2.75) is 51.6 Å². The van der Waals surface area contributed by atoms with Gasteiger partial charge in [0, 0.05) is 18.3 Å². The fraction of sp³-hybridized carbons (Fsp3) is 0.500. The number of ether oxygens (including phenoxy) is 2. The zero-order valence-electron chi connectivity index (χ0n) is 15.0. The quantitative estimate of drug-likeness (QED) is 0.793. The van der Waals surface area contributed by atoms with Crippen LogP contribution in [-0.2, 0) is 15.9 Å². The van der Waals surface area contributed by atoms with Crippen LogP contribution in [0.25, 0.3) is 5.52 Å². The molecule has 0 amide bonds. The first-order chi connectivity index (χ1) is 11.9. The molecule has 132 valence electrons. The Morgan fingerprint density at radius 1 is 1.48 bits per heavy atom. The predicted molar refractivity (Wildman–Crippen MR) is 94.7 cm³/mol. The van der Waals surface area contributed by atoms with E-state index in [1.54, 1.807) is 6.92 Å². The summed E-state index contributed by atoms with van der Waals surface area (Å²) < 4.78 is 12.9. The van der Waals surface area contributed by atoms with Crippen molar-refractivity contribution in [3.05, 3.63) is 41.2 Å². The minimum atomic E-state index is -0.370. The number of pyridine rings is 1. The van der Waals surface area contributed by atoms with Crippen LogP contribution in [0.1, 0.15) is 61.1 Å². The van der Waals surface area contributed by atoms with Crippen LogP contribution in [0.2, 0.25) is 0 Å². The largest absolute Gasteiger partial charge is 0.462 e. The van der Waals surface area contributed by atoms with Crippen molar-refractivity contribution in [1.29, 1.82) is 5.26 Å². The predicted octanol–water partition coefficient (Wildman–Crippen LogP) is 3.85. The van der Waals surface area contributed by atoms with Gasteiger partial charge in [0.1, 0.15) is 0 Å². The van der Waals surface area contributed by atoms with Gasteiger partial charge in [-0.05, 0) is 63.3 Å². The van der Waals surface area contributed by atoms with Crippen molar-refractivity contribution in [3.8, 4) is 6.07 Å². The average molecular weight is 340 g/mol. The summed E-state index contributed by atoms with van der Waals surface area (Å²) in [5, 5.41) is 9.12. The molecule has 1 atom stereocenters. The fourth-order valence-electron chi connectivity index (χ4n) is 3.66. The van der Waals surface area contributed by atoms with Gasteiger partial charge in [0.15, 0.2) is 0 Å². The Morgan fingerprint density at radius 3 is 2.96 bits per heavy atom. The maximum Gasteiger partial charge on any atom is 0.340 e. The molecule has 0 aliphatic carbocycles. The second kappa shape index (κ2) is 6.89. The standard InChI is InChI=1S/C20H24N2O3/c1-4-24-19(23)17-12-16-11-14(6-9-22(16)18(17)5-8-21)15-7-10-25-20(2,3)13-15/h6,9,11-12,15H,4-5,7,10,13H2,1-3H3. The topological polar surface area (TPSA) is 63.7 Å².